The van der Waals surface area contributed by atoms with Crippen molar-refractivity contribution in [1.29, 1.82) is 0 Å². The summed E-state index contributed by atoms with van der Waals surface area (Å²) in [5.74, 6) is -2.21. The van der Waals surface area contributed by atoms with E-state index in [0.717, 1.165) is 0 Å². The molecule has 5 rings (SSSR count). The Hall–Kier alpha value is -2.69. The number of ether oxygens (including phenoxy) is 3. The average molecular weight is 565 g/mol. The topological polar surface area (TPSA) is 227 Å². The highest BCUT2D eigenvalue weighted by Gasteiger charge is 2.51. The maximum atomic E-state index is 13.9. The minimum atomic E-state index is -1.77. The standard InChI is InChI=1S/C27H32O13/c1-9-5-11-16(26-24(36)22(34)19(31)14(7-28)38-26)10-3-2-4-13(18(10)21(33)17(11)12(30)6-9)39-27-25(37)23(35)20(32)15(8-29)40-27/h2-6,14-16,19-20,22-32,34-37H,7-8H2,1H3/t14-,15-,16+,19-,20-,22+,23+,24-,25-,26?,27-/m1/s1. The van der Waals surface area contributed by atoms with Gasteiger partial charge in [-0.15, -0.1) is 0 Å². The smallest absolute Gasteiger partial charge is 0.229 e. The lowest BCUT2D eigenvalue weighted by atomic mass is 9.71. The number of ketones is 1. The Morgan fingerprint density at radius 1 is 0.775 bits per heavy atom. The number of hydrogen-bond acceptors (Lipinski definition) is 13. The monoisotopic (exact) mass is 564 g/mol. The maximum Gasteiger partial charge on any atom is 0.229 e. The SMILES string of the molecule is Cc1cc(O)c2c(c1)[C@@H](C1O[C@H](CO)[C@@H](O)[C@H](O)[C@H]1O)c1cccc(O[C@@H]3O[C@H](CO)[C@@H](O)[C@H](O)[C@H]3O)c1C2=O. The van der Waals surface area contributed by atoms with Crippen LogP contribution >= 0.6 is 0 Å². The molecule has 2 aliphatic heterocycles. The molecular formula is C27H32O13. The number of phenols is 1. The summed E-state index contributed by atoms with van der Waals surface area (Å²) in [6.07, 6.45) is -15.5. The summed E-state index contributed by atoms with van der Waals surface area (Å²) in [4.78, 5) is 13.9. The number of hydrogen-bond donors (Lipinski definition) is 9. The van der Waals surface area contributed by atoms with Crippen molar-refractivity contribution in [3.05, 3.63) is 58.1 Å². The van der Waals surface area contributed by atoms with Gasteiger partial charge < -0.3 is 60.2 Å². The molecule has 13 nitrogen and oxygen atoms in total. The maximum absolute atomic E-state index is 13.9. The summed E-state index contributed by atoms with van der Waals surface area (Å²) >= 11 is 0. The minimum absolute atomic E-state index is 0.104. The quantitative estimate of drug-likeness (QED) is 0.182. The number of benzene rings is 2. The van der Waals surface area contributed by atoms with Gasteiger partial charge in [-0.25, -0.2) is 0 Å². The molecule has 2 fully saturated rings. The molecule has 2 aromatic carbocycles. The fraction of sp³-hybridized carbons (Fsp3) is 0.519. The van der Waals surface area contributed by atoms with Crippen LogP contribution in [0.5, 0.6) is 11.5 Å². The summed E-state index contributed by atoms with van der Waals surface area (Å²) in [6, 6.07) is 7.41. The van der Waals surface area contributed by atoms with Crippen LogP contribution in [0.2, 0.25) is 0 Å². The van der Waals surface area contributed by atoms with Crippen molar-refractivity contribution in [3.63, 3.8) is 0 Å². The number of aryl methyl sites for hydroxylation is 1. The zero-order valence-electron chi connectivity index (χ0n) is 21.3. The molecule has 1 aliphatic carbocycles. The highest BCUT2D eigenvalue weighted by atomic mass is 16.7. The molecule has 2 heterocycles. The molecule has 40 heavy (non-hydrogen) atoms. The number of carbonyl (C=O) groups excluding carboxylic acids is 1. The Labute approximate surface area is 228 Å². The number of aliphatic hydroxyl groups excluding tert-OH is 8. The van der Waals surface area contributed by atoms with Gasteiger partial charge in [-0.1, -0.05) is 18.2 Å². The lowest BCUT2D eigenvalue weighted by Gasteiger charge is -2.45. The van der Waals surface area contributed by atoms with E-state index >= 15 is 0 Å². The molecule has 11 atom stereocenters. The first kappa shape index (κ1) is 28.8. The average Bonchev–Trinajstić information content (AvgIpc) is 2.92. The lowest BCUT2D eigenvalue weighted by Crippen LogP contribution is -2.60. The Morgan fingerprint density at radius 3 is 2.05 bits per heavy atom. The van der Waals surface area contributed by atoms with Gasteiger partial charge in [0.1, 0.15) is 60.3 Å². The first-order valence-electron chi connectivity index (χ1n) is 12.8. The van der Waals surface area contributed by atoms with Crippen molar-refractivity contribution in [2.45, 2.75) is 74.1 Å². The molecule has 9 N–H and O–H groups in total. The molecule has 0 spiro atoms. The third-order valence-corrected chi connectivity index (χ3v) is 7.82. The molecule has 2 aromatic rings. The van der Waals surface area contributed by atoms with Crippen LogP contribution in [0.1, 0.15) is 38.5 Å². The molecule has 0 saturated carbocycles. The van der Waals surface area contributed by atoms with Crippen LogP contribution in [0.4, 0.5) is 0 Å². The zero-order valence-corrected chi connectivity index (χ0v) is 21.3. The molecule has 0 aromatic heterocycles. The molecule has 0 amide bonds. The summed E-state index contributed by atoms with van der Waals surface area (Å²) in [5.41, 5.74) is 0.854. The largest absolute Gasteiger partial charge is 0.507 e. The second-order valence-electron chi connectivity index (χ2n) is 10.4. The van der Waals surface area contributed by atoms with Crippen molar-refractivity contribution in [2.24, 2.45) is 0 Å². The summed E-state index contributed by atoms with van der Waals surface area (Å²) in [5, 5.41) is 92.7. The molecule has 218 valence electrons. The van der Waals surface area contributed by atoms with Gasteiger partial charge in [0.15, 0.2) is 0 Å². The summed E-state index contributed by atoms with van der Waals surface area (Å²) < 4.78 is 17.1. The van der Waals surface area contributed by atoms with Crippen molar-refractivity contribution in [2.75, 3.05) is 13.2 Å². The van der Waals surface area contributed by atoms with E-state index in [2.05, 4.69) is 0 Å². The zero-order chi connectivity index (χ0) is 29.0. The van der Waals surface area contributed by atoms with Crippen LogP contribution in [0.3, 0.4) is 0 Å². The van der Waals surface area contributed by atoms with E-state index in [4.69, 9.17) is 14.2 Å². The lowest BCUT2D eigenvalue weighted by molar-refractivity contribution is -0.277. The molecule has 2 saturated heterocycles. The number of aromatic hydroxyl groups is 1. The number of phenolic OH excluding ortho intramolecular Hbond substituents is 1. The van der Waals surface area contributed by atoms with Crippen LogP contribution in [0.15, 0.2) is 30.3 Å². The first-order chi connectivity index (χ1) is 19.0. The number of aliphatic hydroxyl groups is 8. The highest BCUT2D eigenvalue weighted by Crippen LogP contribution is 2.48. The van der Waals surface area contributed by atoms with Crippen LogP contribution in [-0.2, 0) is 9.47 Å². The number of fused-ring (bicyclic) bond motifs is 2. The van der Waals surface area contributed by atoms with Gasteiger partial charge in [-0.3, -0.25) is 4.79 Å². The third kappa shape index (κ3) is 4.58. The molecular weight excluding hydrogens is 532 g/mol. The van der Waals surface area contributed by atoms with Gasteiger partial charge in [-0.2, -0.15) is 0 Å². The Kier molecular flexibility index (Phi) is 7.89. The van der Waals surface area contributed by atoms with Gasteiger partial charge in [0.2, 0.25) is 12.1 Å². The third-order valence-electron chi connectivity index (χ3n) is 7.82. The van der Waals surface area contributed by atoms with E-state index in [-0.39, 0.29) is 33.8 Å². The highest BCUT2D eigenvalue weighted by molar-refractivity contribution is 6.16. The van der Waals surface area contributed by atoms with Gasteiger partial charge in [0.05, 0.1) is 30.4 Å². The fourth-order valence-corrected chi connectivity index (χ4v) is 5.78. The van der Waals surface area contributed by atoms with Crippen molar-refractivity contribution in [3.8, 4) is 11.5 Å². The van der Waals surface area contributed by atoms with Crippen LogP contribution in [-0.4, -0.2) is 126 Å². The minimum Gasteiger partial charge on any atom is -0.507 e. The second kappa shape index (κ2) is 10.9. The molecule has 1 unspecified atom stereocenters. The summed E-state index contributed by atoms with van der Waals surface area (Å²) in [7, 11) is 0. The van der Waals surface area contributed by atoms with Crippen molar-refractivity contribution in [1.82, 2.24) is 0 Å². The van der Waals surface area contributed by atoms with Crippen LogP contribution in [0.25, 0.3) is 0 Å². The van der Waals surface area contributed by atoms with E-state index in [0.29, 0.717) is 5.56 Å². The van der Waals surface area contributed by atoms with Crippen LogP contribution < -0.4 is 4.74 Å². The number of rotatable bonds is 5. The molecule has 0 radical (unpaired) electrons. The second-order valence-corrected chi connectivity index (χ2v) is 10.4. The predicted molar refractivity (Wildman–Crippen MR) is 133 cm³/mol. The molecule has 3 aliphatic rings. The van der Waals surface area contributed by atoms with Crippen molar-refractivity contribution < 1.29 is 65.0 Å². The molecule has 0 bridgehead atoms. The van der Waals surface area contributed by atoms with Gasteiger partial charge in [-0.05, 0) is 35.7 Å². The van der Waals surface area contributed by atoms with E-state index in [1.165, 1.54) is 18.2 Å². The van der Waals surface area contributed by atoms with E-state index in [9.17, 15) is 50.8 Å². The Balaban J connectivity index is 1.63. The van der Waals surface area contributed by atoms with Gasteiger partial charge >= 0.3 is 0 Å². The first-order valence-corrected chi connectivity index (χ1v) is 12.8. The van der Waals surface area contributed by atoms with E-state index in [1.807, 2.05) is 0 Å². The Bertz CT molecular complexity index is 1260. The van der Waals surface area contributed by atoms with Crippen molar-refractivity contribution >= 4 is 5.78 Å². The number of carbonyl (C=O) groups is 1. The van der Waals surface area contributed by atoms with E-state index in [1.54, 1.807) is 19.1 Å². The normalized spacial score (nSPS) is 37.5. The predicted octanol–water partition coefficient (Wildman–Crippen LogP) is -2.60. The fourth-order valence-electron chi connectivity index (χ4n) is 5.78. The van der Waals surface area contributed by atoms with Gasteiger partial charge in [0.25, 0.3) is 0 Å². The van der Waals surface area contributed by atoms with E-state index < -0.39 is 86.1 Å². The Morgan fingerprint density at radius 2 is 1.40 bits per heavy atom. The van der Waals surface area contributed by atoms with Gasteiger partial charge in [0, 0.05) is 5.92 Å². The molecule has 13 heteroatoms. The summed E-state index contributed by atoms with van der Waals surface area (Å²) in [6.45, 7) is 0.311. The van der Waals surface area contributed by atoms with Crippen LogP contribution in [0, 0.1) is 6.92 Å².